The van der Waals surface area contributed by atoms with Gasteiger partial charge >= 0.3 is 0 Å². The van der Waals surface area contributed by atoms with Crippen molar-refractivity contribution in [1.29, 1.82) is 0 Å². The minimum absolute atomic E-state index is 0.673. The first kappa shape index (κ1) is 15.4. The second-order valence-corrected chi connectivity index (χ2v) is 6.11. The topological polar surface area (TPSA) is 41.1 Å². The van der Waals surface area contributed by atoms with Crippen molar-refractivity contribution in [2.45, 2.75) is 25.5 Å². The Kier molecular flexibility index (Phi) is 7.23. The molecule has 0 aliphatic rings. The lowest BCUT2D eigenvalue weighted by Crippen LogP contribution is -2.19. The van der Waals surface area contributed by atoms with E-state index in [0.29, 0.717) is 5.92 Å². The summed E-state index contributed by atoms with van der Waals surface area (Å²) in [6, 6.07) is 0. The summed E-state index contributed by atoms with van der Waals surface area (Å²) in [5.74, 6) is 1.70. The van der Waals surface area contributed by atoms with Crippen LogP contribution in [0.5, 0.6) is 0 Å². The van der Waals surface area contributed by atoms with E-state index in [1.54, 1.807) is 11.8 Å². The van der Waals surface area contributed by atoms with Gasteiger partial charge in [-0.2, -0.15) is 0 Å². The monoisotopic (exact) mass is 268 g/mol. The molecule has 0 amide bonds. The third-order valence-electron chi connectivity index (χ3n) is 2.33. The van der Waals surface area contributed by atoms with Crippen LogP contribution in [0.1, 0.15) is 19.4 Å². The Bertz CT molecular complexity index is 291. The number of thioether (sulfide) groups is 1. The third-order valence-corrected chi connectivity index (χ3v) is 3.19. The Morgan fingerprint density at radius 2 is 1.94 bits per heavy atom. The Labute approximate surface area is 115 Å². The predicted molar refractivity (Wildman–Crippen MR) is 77.9 cm³/mol. The maximum absolute atomic E-state index is 4.37. The van der Waals surface area contributed by atoms with Crippen molar-refractivity contribution >= 4 is 11.8 Å². The Balaban J connectivity index is 2.28. The maximum Gasteiger partial charge on any atom is 0.187 e. The standard InChI is InChI=1S/C13H24N4S/c1-11(2)7-14-8-12-9-15-13(16-10-12)18-6-5-17(3)4/h9-11,14H,5-8H2,1-4H3. The highest BCUT2D eigenvalue weighted by atomic mass is 32.2. The summed E-state index contributed by atoms with van der Waals surface area (Å²) >= 11 is 1.70. The first-order valence-corrected chi connectivity index (χ1v) is 7.35. The largest absolute Gasteiger partial charge is 0.312 e. The zero-order valence-corrected chi connectivity index (χ0v) is 12.6. The molecule has 1 aromatic rings. The first-order valence-electron chi connectivity index (χ1n) is 6.37. The van der Waals surface area contributed by atoms with Crippen LogP contribution >= 0.6 is 11.8 Å². The molecule has 0 radical (unpaired) electrons. The average Bonchev–Trinajstić information content (AvgIpc) is 2.30. The highest BCUT2D eigenvalue weighted by Crippen LogP contribution is 2.11. The highest BCUT2D eigenvalue weighted by molar-refractivity contribution is 7.99. The van der Waals surface area contributed by atoms with E-state index < -0.39 is 0 Å². The summed E-state index contributed by atoms with van der Waals surface area (Å²) in [6.45, 7) is 7.33. The third kappa shape index (κ3) is 6.93. The molecule has 4 nitrogen and oxygen atoms in total. The Morgan fingerprint density at radius 1 is 1.28 bits per heavy atom. The van der Waals surface area contributed by atoms with E-state index in [-0.39, 0.29) is 0 Å². The maximum atomic E-state index is 4.37. The van der Waals surface area contributed by atoms with Gasteiger partial charge in [-0.25, -0.2) is 9.97 Å². The molecule has 18 heavy (non-hydrogen) atoms. The number of hydrogen-bond acceptors (Lipinski definition) is 5. The molecule has 0 fully saturated rings. The quantitative estimate of drug-likeness (QED) is 0.576. The van der Waals surface area contributed by atoms with Crippen LogP contribution in [0, 0.1) is 5.92 Å². The van der Waals surface area contributed by atoms with Crippen molar-refractivity contribution in [2.24, 2.45) is 5.92 Å². The molecule has 0 saturated heterocycles. The number of nitrogens with zero attached hydrogens (tertiary/aromatic N) is 3. The first-order chi connectivity index (χ1) is 8.58. The lowest BCUT2D eigenvalue weighted by atomic mass is 10.2. The van der Waals surface area contributed by atoms with Crippen molar-refractivity contribution in [1.82, 2.24) is 20.2 Å². The summed E-state index contributed by atoms with van der Waals surface area (Å²) in [5.41, 5.74) is 1.15. The van der Waals surface area contributed by atoms with Crippen molar-refractivity contribution in [3.05, 3.63) is 18.0 Å². The lowest BCUT2D eigenvalue weighted by Gasteiger charge is -2.08. The van der Waals surface area contributed by atoms with Gasteiger partial charge in [0, 0.05) is 36.8 Å². The van der Waals surface area contributed by atoms with E-state index in [1.165, 1.54) is 0 Å². The summed E-state index contributed by atoms with van der Waals surface area (Å²) < 4.78 is 0. The van der Waals surface area contributed by atoms with Crippen molar-refractivity contribution < 1.29 is 0 Å². The molecule has 0 spiro atoms. The van der Waals surface area contributed by atoms with Crippen LogP contribution in [0.15, 0.2) is 17.6 Å². The van der Waals surface area contributed by atoms with Gasteiger partial charge in [0.05, 0.1) is 0 Å². The molecule has 1 aromatic heterocycles. The molecular weight excluding hydrogens is 244 g/mol. The second-order valence-electron chi connectivity index (χ2n) is 5.05. The van der Waals surface area contributed by atoms with Gasteiger partial charge in [0.1, 0.15) is 0 Å². The normalized spacial score (nSPS) is 11.4. The Hall–Kier alpha value is -0.650. The zero-order valence-electron chi connectivity index (χ0n) is 11.8. The average molecular weight is 268 g/mol. The minimum Gasteiger partial charge on any atom is -0.312 e. The van der Waals surface area contributed by atoms with Crippen molar-refractivity contribution in [3.63, 3.8) is 0 Å². The van der Waals surface area contributed by atoms with Crippen LogP contribution in [0.2, 0.25) is 0 Å². The number of nitrogens with one attached hydrogen (secondary N) is 1. The molecule has 1 N–H and O–H groups in total. The zero-order chi connectivity index (χ0) is 13.4. The highest BCUT2D eigenvalue weighted by Gasteiger charge is 2.00. The number of aromatic nitrogens is 2. The van der Waals surface area contributed by atoms with Crippen molar-refractivity contribution in [2.75, 3.05) is 32.9 Å². The van der Waals surface area contributed by atoms with Gasteiger partial charge in [-0.15, -0.1) is 0 Å². The summed E-state index contributed by atoms with van der Waals surface area (Å²) in [6.07, 6.45) is 3.83. The van der Waals surface area contributed by atoms with Crippen LogP contribution in [0.4, 0.5) is 0 Å². The summed E-state index contributed by atoms with van der Waals surface area (Å²) in [7, 11) is 4.15. The van der Waals surface area contributed by atoms with Crippen LogP contribution in [-0.4, -0.2) is 47.8 Å². The molecule has 0 bridgehead atoms. The minimum atomic E-state index is 0.673. The molecule has 5 heteroatoms. The molecule has 1 rings (SSSR count). The number of hydrogen-bond donors (Lipinski definition) is 1. The van der Waals surface area contributed by atoms with Crippen LogP contribution in [0.3, 0.4) is 0 Å². The SMILES string of the molecule is CC(C)CNCc1cnc(SCCN(C)C)nc1. The summed E-state index contributed by atoms with van der Waals surface area (Å²) in [5, 5.41) is 4.25. The fraction of sp³-hybridized carbons (Fsp3) is 0.692. The van der Waals surface area contributed by atoms with Crippen LogP contribution in [-0.2, 0) is 6.54 Å². The van der Waals surface area contributed by atoms with E-state index in [2.05, 4.69) is 48.1 Å². The molecule has 0 aliphatic carbocycles. The van der Waals surface area contributed by atoms with E-state index >= 15 is 0 Å². The fourth-order valence-electron chi connectivity index (χ4n) is 1.33. The van der Waals surface area contributed by atoms with Gasteiger partial charge in [-0.3, -0.25) is 0 Å². The van der Waals surface area contributed by atoms with Gasteiger partial charge < -0.3 is 10.2 Å². The van der Waals surface area contributed by atoms with Crippen molar-refractivity contribution in [3.8, 4) is 0 Å². The molecule has 0 aromatic carbocycles. The number of rotatable bonds is 8. The molecule has 0 atom stereocenters. The Morgan fingerprint density at radius 3 is 2.50 bits per heavy atom. The predicted octanol–water partition coefficient (Wildman–Crippen LogP) is 1.88. The van der Waals surface area contributed by atoms with Gasteiger partial charge in [0.25, 0.3) is 0 Å². The smallest absolute Gasteiger partial charge is 0.187 e. The second kappa shape index (κ2) is 8.45. The van der Waals surface area contributed by atoms with Crippen LogP contribution in [0.25, 0.3) is 0 Å². The van der Waals surface area contributed by atoms with E-state index in [9.17, 15) is 0 Å². The molecule has 102 valence electrons. The fourth-order valence-corrected chi connectivity index (χ4v) is 2.23. The van der Waals surface area contributed by atoms with Gasteiger partial charge in [-0.1, -0.05) is 25.6 Å². The van der Waals surface area contributed by atoms with Gasteiger partial charge in [-0.05, 0) is 26.6 Å². The molecule has 0 unspecified atom stereocenters. The lowest BCUT2D eigenvalue weighted by molar-refractivity contribution is 0.437. The summed E-state index contributed by atoms with van der Waals surface area (Å²) in [4.78, 5) is 10.9. The van der Waals surface area contributed by atoms with Crippen LogP contribution < -0.4 is 5.32 Å². The van der Waals surface area contributed by atoms with E-state index in [4.69, 9.17) is 0 Å². The molecule has 0 saturated carbocycles. The van der Waals surface area contributed by atoms with Gasteiger partial charge in [0.15, 0.2) is 5.16 Å². The molecular formula is C13H24N4S. The molecule has 1 heterocycles. The molecule has 0 aliphatic heterocycles. The van der Waals surface area contributed by atoms with E-state index in [0.717, 1.165) is 36.1 Å². The van der Waals surface area contributed by atoms with Gasteiger partial charge in [0.2, 0.25) is 0 Å². The van der Waals surface area contributed by atoms with E-state index in [1.807, 2.05) is 12.4 Å².